The number of rotatable bonds is 8. The third-order valence-corrected chi connectivity index (χ3v) is 3.68. The van der Waals surface area contributed by atoms with Crippen LogP contribution in [0.1, 0.15) is 11.7 Å². The molecular weight excluding hydrogens is 387 g/mol. The second-order valence-electron chi connectivity index (χ2n) is 5.69. The van der Waals surface area contributed by atoms with Crippen LogP contribution in [0.5, 0.6) is 11.5 Å². The predicted molar refractivity (Wildman–Crippen MR) is 97.0 cm³/mol. The van der Waals surface area contributed by atoms with Gasteiger partial charge in [0.25, 0.3) is 5.89 Å². The van der Waals surface area contributed by atoms with Crippen molar-refractivity contribution in [3.63, 3.8) is 0 Å². The monoisotopic (exact) mass is 402 g/mol. The van der Waals surface area contributed by atoms with E-state index in [1.807, 2.05) is 0 Å². The Morgan fingerprint density at radius 3 is 2.83 bits per heavy atom. The second kappa shape index (κ2) is 8.78. The molecule has 0 atom stereocenters. The number of nitrogens with zero attached hydrogens (tertiary/aromatic N) is 3. The number of nitrogens with one attached hydrogen (secondary N) is 1. The zero-order chi connectivity index (χ0) is 20.8. The molecule has 0 aliphatic carbocycles. The van der Waals surface area contributed by atoms with Crippen LogP contribution in [0.3, 0.4) is 0 Å². The third kappa shape index (κ3) is 5.03. The lowest BCUT2D eigenvalue weighted by atomic mass is 10.2. The van der Waals surface area contributed by atoms with E-state index in [0.717, 1.165) is 18.2 Å². The third-order valence-electron chi connectivity index (χ3n) is 3.68. The number of hydrogen-bond donors (Lipinski definition) is 1. The van der Waals surface area contributed by atoms with Crippen molar-refractivity contribution in [1.29, 1.82) is 0 Å². The van der Waals surface area contributed by atoms with Gasteiger partial charge in [0.15, 0.2) is 12.4 Å². The molecule has 0 fully saturated rings. The number of amides is 1. The molecule has 0 radical (unpaired) electrons. The maximum atomic E-state index is 13.3. The summed E-state index contributed by atoms with van der Waals surface area (Å²) >= 11 is 0. The van der Waals surface area contributed by atoms with Crippen molar-refractivity contribution in [3.05, 3.63) is 70.1 Å². The summed E-state index contributed by atoms with van der Waals surface area (Å²) in [6.07, 6.45) is -0.179. The average molecular weight is 402 g/mol. The number of nitro benzene ring substituents is 1. The van der Waals surface area contributed by atoms with Gasteiger partial charge >= 0.3 is 5.69 Å². The van der Waals surface area contributed by atoms with E-state index < -0.39 is 22.3 Å². The Hall–Kier alpha value is -4.02. The smallest absolute Gasteiger partial charge is 0.311 e. The molecule has 3 aromatic rings. The van der Waals surface area contributed by atoms with Gasteiger partial charge in [0.1, 0.15) is 11.6 Å². The van der Waals surface area contributed by atoms with Crippen LogP contribution in [0.25, 0.3) is 0 Å². The highest BCUT2D eigenvalue weighted by atomic mass is 19.1. The lowest BCUT2D eigenvalue weighted by Gasteiger charge is -2.08. The number of anilines is 1. The topological polar surface area (TPSA) is 130 Å². The largest absolute Gasteiger partial charge is 0.495 e. The molecule has 0 bridgehead atoms. The van der Waals surface area contributed by atoms with Gasteiger partial charge in [-0.15, -0.1) is 0 Å². The minimum Gasteiger partial charge on any atom is -0.495 e. The number of benzene rings is 2. The number of methoxy groups -OCH3 is 1. The quantitative estimate of drug-likeness (QED) is 0.450. The van der Waals surface area contributed by atoms with E-state index in [1.54, 1.807) is 24.3 Å². The SMILES string of the molecule is COc1ccccc1NC(=O)Cc1noc(COc2cc(F)ccc2[N+](=O)[O-])n1. The fraction of sp³-hybridized carbons (Fsp3) is 0.167. The van der Waals surface area contributed by atoms with Crippen molar-refractivity contribution < 1.29 is 28.1 Å². The number of carbonyl (C=O) groups excluding carboxylic acids is 1. The molecule has 2 aromatic carbocycles. The highest BCUT2D eigenvalue weighted by molar-refractivity contribution is 5.93. The molecule has 1 aromatic heterocycles. The Labute approximate surface area is 163 Å². The Kier molecular flexibility index (Phi) is 5.97. The Morgan fingerprint density at radius 2 is 2.07 bits per heavy atom. The molecule has 0 aliphatic rings. The maximum Gasteiger partial charge on any atom is 0.311 e. The van der Waals surface area contributed by atoms with E-state index in [9.17, 15) is 19.3 Å². The molecule has 0 unspecified atom stereocenters. The Bertz CT molecular complexity index is 1040. The summed E-state index contributed by atoms with van der Waals surface area (Å²) in [6.45, 7) is -0.328. The molecular formula is C18H15FN4O6. The number of aromatic nitrogens is 2. The molecule has 0 aliphatic heterocycles. The van der Waals surface area contributed by atoms with Gasteiger partial charge in [-0.2, -0.15) is 4.98 Å². The summed E-state index contributed by atoms with van der Waals surface area (Å²) in [5.74, 6) is -0.801. The molecule has 3 rings (SSSR count). The first-order chi connectivity index (χ1) is 14.0. The first-order valence-electron chi connectivity index (χ1n) is 8.27. The molecule has 0 saturated carbocycles. The van der Waals surface area contributed by atoms with Crippen LogP contribution in [0.4, 0.5) is 15.8 Å². The van der Waals surface area contributed by atoms with Crippen molar-refractivity contribution in [3.8, 4) is 11.5 Å². The van der Waals surface area contributed by atoms with Gasteiger partial charge in [-0.25, -0.2) is 4.39 Å². The summed E-state index contributed by atoms with van der Waals surface area (Å²) in [7, 11) is 1.49. The Balaban J connectivity index is 1.61. The number of nitro groups is 1. The zero-order valence-electron chi connectivity index (χ0n) is 15.1. The minimum absolute atomic E-state index is 0.0244. The van der Waals surface area contributed by atoms with Crippen LogP contribution in [0, 0.1) is 15.9 Å². The predicted octanol–water partition coefficient (Wildman–Crippen LogP) is 2.89. The van der Waals surface area contributed by atoms with Crippen LogP contribution < -0.4 is 14.8 Å². The fourth-order valence-electron chi connectivity index (χ4n) is 2.40. The molecule has 1 amide bonds. The van der Waals surface area contributed by atoms with Crippen molar-refractivity contribution >= 4 is 17.3 Å². The van der Waals surface area contributed by atoms with Crippen LogP contribution in [0.2, 0.25) is 0 Å². The van der Waals surface area contributed by atoms with Gasteiger partial charge in [0, 0.05) is 12.1 Å². The molecule has 0 saturated heterocycles. The number of hydrogen-bond acceptors (Lipinski definition) is 8. The van der Waals surface area contributed by atoms with Crippen molar-refractivity contribution in [2.75, 3.05) is 12.4 Å². The van der Waals surface area contributed by atoms with Crippen molar-refractivity contribution in [1.82, 2.24) is 10.1 Å². The van der Waals surface area contributed by atoms with Gasteiger partial charge in [-0.1, -0.05) is 17.3 Å². The van der Waals surface area contributed by atoms with Gasteiger partial charge in [0.05, 0.1) is 24.1 Å². The first kappa shape index (κ1) is 19.7. The van der Waals surface area contributed by atoms with Gasteiger partial charge in [-0.3, -0.25) is 14.9 Å². The van der Waals surface area contributed by atoms with Gasteiger partial charge < -0.3 is 19.3 Å². The molecule has 150 valence electrons. The standard InChI is InChI=1S/C18H15FN4O6/c1-27-14-5-3-2-4-12(14)20-17(24)9-16-21-18(29-22-16)10-28-15-8-11(19)6-7-13(15)23(25)26/h2-8H,9-10H2,1H3,(H,20,24). The van der Waals surface area contributed by atoms with Crippen LogP contribution in [-0.4, -0.2) is 28.1 Å². The van der Waals surface area contributed by atoms with Crippen LogP contribution in [-0.2, 0) is 17.8 Å². The Morgan fingerprint density at radius 1 is 1.28 bits per heavy atom. The normalized spacial score (nSPS) is 10.4. The van der Waals surface area contributed by atoms with E-state index >= 15 is 0 Å². The van der Waals surface area contributed by atoms with Crippen LogP contribution >= 0.6 is 0 Å². The highest BCUT2D eigenvalue weighted by Gasteiger charge is 2.18. The zero-order valence-corrected chi connectivity index (χ0v) is 15.1. The minimum atomic E-state index is -0.698. The lowest BCUT2D eigenvalue weighted by molar-refractivity contribution is -0.386. The average Bonchev–Trinajstić information content (AvgIpc) is 3.13. The fourth-order valence-corrected chi connectivity index (χ4v) is 2.40. The number of ether oxygens (including phenoxy) is 2. The summed E-state index contributed by atoms with van der Waals surface area (Å²) in [5, 5.41) is 17.3. The van der Waals surface area contributed by atoms with E-state index in [4.69, 9.17) is 14.0 Å². The molecule has 10 nitrogen and oxygen atoms in total. The van der Waals surface area contributed by atoms with Gasteiger partial charge in [-0.05, 0) is 18.2 Å². The number of carbonyl (C=O) groups is 1. The molecule has 29 heavy (non-hydrogen) atoms. The molecule has 1 heterocycles. The lowest BCUT2D eigenvalue weighted by Crippen LogP contribution is -2.15. The highest BCUT2D eigenvalue weighted by Crippen LogP contribution is 2.28. The van der Waals surface area contributed by atoms with Gasteiger partial charge in [0.2, 0.25) is 11.7 Å². The van der Waals surface area contributed by atoms with E-state index in [1.165, 1.54) is 7.11 Å². The summed E-state index contributed by atoms with van der Waals surface area (Å²) in [5.41, 5.74) is 0.0905. The molecule has 1 N–H and O–H groups in total. The summed E-state index contributed by atoms with van der Waals surface area (Å²) < 4.78 is 28.6. The van der Waals surface area contributed by atoms with Crippen LogP contribution in [0.15, 0.2) is 47.0 Å². The second-order valence-corrected chi connectivity index (χ2v) is 5.69. The van der Waals surface area contributed by atoms with Crippen molar-refractivity contribution in [2.24, 2.45) is 0 Å². The van der Waals surface area contributed by atoms with E-state index in [2.05, 4.69) is 15.5 Å². The first-order valence-corrected chi connectivity index (χ1v) is 8.27. The van der Waals surface area contributed by atoms with Crippen molar-refractivity contribution in [2.45, 2.75) is 13.0 Å². The molecule has 11 heteroatoms. The molecule has 0 spiro atoms. The summed E-state index contributed by atoms with van der Waals surface area (Å²) in [6, 6.07) is 9.72. The number of para-hydroxylation sites is 2. The maximum absolute atomic E-state index is 13.3. The number of halogens is 1. The van der Waals surface area contributed by atoms with E-state index in [0.29, 0.717) is 11.4 Å². The van der Waals surface area contributed by atoms with E-state index in [-0.39, 0.29) is 30.5 Å². The summed E-state index contributed by atoms with van der Waals surface area (Å²) in [4.78, 5) is 26.4.